The molecule has 0 bridgehead atoms. The number of hydrogen-bond acceptors (Lipinski definition) is 6. The Morgan fingerprint density at radius 2 is 1.96 bits per heavy atom. The molecule has 1 aliphatic rings. The zero-order chi connectivity index (χ0) is 20.3. The molecule has 0 radical (unpaired) electrons. The number of carbonyl (C=O) groups excluding carboxylic acids is 2. The highest BCUT2D eigenvalue weighted by Crippen LogP contribution is 2.29. The molecule has 1 atom stereocenters. The van der Waals surface area contributed by atoms with Crippen LogP contribution < -0.4 is 10.9 Å². The van der Waals surface area contributed by atoms with Crippen molar-refractivity contribution in [3.8, 4) is 5.75 Å². The lowest BCUT2D eigenvalue weighted by Gasteiger charge is -2.22. The minimum atomic E-state index is -0.679. The first-order valence-electron chi connectivity index (χ1n) is 9.61. The van der Waals surface area contributed by atoms with Gasteiger partial charge in [0.25, 0.3) is 0 Å². The van der Waals surface area contributed by atoms with Crippen molar-refractivity contribution in [2.24, 2.45) is 5.92 Å². The molecule has 3 rings (SSSR count). The van der Waals surface area contributed by atoms with Gasteiger partial charge in [0.1, 0.15) is 24.0 Å². The smallest absolute Gasteiger partial charge is 0.336 e. The average molecular weight is 387 g/mol. The Hall–Kier alpha value is -2.83. The molecule has 1 fully saturated rings. The van der Waals surface area contributed by atoms with Crippen molar-refractivity contribution in [3.63, 3.8) is 0 Å². The molecule has 0 saturated heterocycles. The summed E-state index contributed by atoms with van der Waals surface area (Å²) in [5.74, 6) is -0.655. The third-order valence-corrected chi connectivity index (χ3v) is 5.26. The van der Waals surface area contributed by atoms with E-state index in [9.17, 15) is 19.5 Å². The van der Waals surface area contributed by atoms with Gasteiger partial charge < -0.3 is 19.6 Å². The fourth-order valence-electron chi connectivity index (χ4n) is 3.83. The number of benzene rings is 1. The van der Waals surface area contributed by atoms with E-state index in [0.29, 0.717) is 22.9 Å². The maximum absolute atomic E-state index is 12.7. The highest BCUT2D eigenvalue weighted by atomic mass is 16.5. The molecule has 28 heavy (non-hydrogen) atoms. The normalized spacial score (nSPS) is 15.5. The molecular formula is C21H25NO6. The molecule has 7 heteroatoms. The maximum Gasteiger partial charge on any atom is 0.336 e. The van der Waals surface area contributed by atoms with Crippen LogP contribution in [0, 0.1) is 5.92 Å². The number of ether oxygens (including phenoxy) is 1. The van der Waals surface area contributed by atoms with E-state index in [1.54, 1.807) is 6.07 Å². The molecular weight excluding hydrogens is 362 g/mol. The van der Waals surface area contributed by atoms with E-state index in [1.807, 2.05) is 6.92 Å². The monoisotopic (exact) mass is 387 g/mol. The number of carbonyl (C=O) groups is 2. The first-order chi connectivity index (χ1) is 13.4. The Kier molecular flexibility index (Phi) is 6.02. The topological polar surface area (TPSA) is 106 Å². The molecule has 1 amide bonds. The van der Waals surface area contributed by atoms with Gasteiger partial charge in [-0.25, -0.2) is 9.59 Å². The Bertz CT molecular complexity index is 942. The van der Waals surface area contributed by atoms with Crippen LogP contribution in [0.3, 0.4) is 0 Å². The van der Waals surface area contributed by atoms with Gasteiger partial charge in [0, 0.05) is 30.0 Å². The maximum atomic E-state index is 12.7. The Morgan fingerprint density at radius 1 is 1.25 bits per heavy atom. The lowest BCUT2D eigenvalue weighted by molar-refractivity contribution is -0.150. The molecule has 1 saturated carbocycles. The van der Waals surface area contributed by atoms with Gasteiger partial charge in [-0.3, -0.25) is 4.79 Å². The Labute approximate surface area is 162 Å². The molecule has 0 aliphatic heterocycles. The fraction of sp³-hybridized carbons (Fsp3) is 0.476. The van der Waals surface area contributed by atoms with Gasteiger partial charge in [-0.05, 0) is 36.8 Å². The van der Waals surface area contributed by atoms with Crippen LogP contribution in [0.25, 0.3) is 11.0 Å². The number of nitrogens with one attached hydrogen (secondary N) is 1. The van der Waals surface area contributed by atoms with Crippen LogP contribution in [0.4, 0.5) is 0 Å². The SMILES string of the molecule is CCc1cc2c(COC(=O)[C@H](NC(C)=O)C3CCCC3)cc(=O)oc2cc1O. The van der Waals surface area contributed by atoms with Crippen LogP contribution in [0.15, 0.2) is 27.4 Å². The zero-order valence-electron chi connectivity index (χ0n) is 16.1. The standard InChI is InChI=1S/C21H25NO6/c1-3-13-8-16-15(9-19(25)28-18(16)10-17(13)24)11-27-21(26)20(22-12(2)23)14-6-4-5-7-14/h8-10,14,20,24H,3-7,11H2,1-2H3,(H,22,23)/t20-/m1/s1. The number of phenols is 1. The quantitative estimate of drug-likeness (QED) is 0.583. The predicted octanol–water partition coefficient (Wildman–Crippen LogP) is 2.80. The second kappa shape index (κ2) is 8.46. The Balaban J connectivity index is 1.84. The van der Waals surface area contributed by atoms with Crippen molar-refractivity contribution in [3.05, 3.63) is 39.7 Å². The van der Waals surface area contributed by atoms with Crippen LogP contribution in [-0.2, 0) is 27.4 Å². The summed E-state index contributed by atoms with van der Waals surface area (Å²) in [6.45, 7) is 3.17. The summed E-state index contributed by atoms with van der Waals surface area (Å²) in [6.07, 6.45) is 4.41. The average Bonchev–Trinajstić information content (AvgIpc) is 3.17. The molecule has 1 heterocycles. The number of hydrogen-bond donors (Lipinski definition) is 2. The Morgan fingerprint density at radius 3 is 2.61 bits per heavy atom. The van der Waals surface area contributed by atoms with E-state index in [0.717, 1.165) is 25.7 Å². The van der Waals surface area contributed by atoms with Gasteiger partial charge in [0.15, 0.2) is 0 Å². The molecule has 1 aromatic carbocycles. The second-order valence-corrected chi connectivity index (χ2v) is 7.25. The van der Waals surface area contributed by atoms with Crippen LogP contribution in [0.2, 0.25) is 0 Å². The zero-order valence-corrected chi connectivity index (χ0v) is 16.1. The number of aromatic hydroxyl groups is 1. The third kappa shape index (κ3) is 4.35. The van der Waals surface area contributed by atoms with Crippen molar-refractivity contribution in [1.29, 1.82) is 0 Å². The summed E-state index contributed by atoms with van der Waals surface area (Å²) in [7, 11) is 0. The van der Waals surface area contributed by atoms with E-state index in [1.165, 1.54) is 19.1 Å². The summed E-state index contributed by atoms with van der Waals surface area (Å²) < 4.78 is 10.6. The molecule has 1 aromatic heterocycles. The molecule has 150 valence electrons. The minimum Gasteiger partial charge on any atom is -0.508 e. The van der Waals surface area contributed by atoms with Gasteiger partial charge in [0.2, 0.25) is 5.91 Å². The lowest BCUT2D eigenvalue weighted by atomic mass is 9.98. The van der Waals surface area contributed by atoms with E-state index in [2.05, 4.69) is 5.32 Å². The van der Waals surface area contributed by atoms with Gasteiger partial charge in [-0.2, -0.15) is 0 Å². The number of amides is 1. The van der Waals surface area contributed by atoms with Crippen molar-refractivity contribution in [2.75, 3.05) is 0 Å². The van der Waals surface area contributed by atoms with Gasteiger partial charge in [-0.15, -0.1) is 0 Å². The van der Waals surface area contributed by atoms with Crippen molar-refractivity contribution in [1.82, 2.24) is 5.32 Å². The second-order valence-electron chi connectivity index (χ2n) is 7.25. The van der Waals surface area contributed by atoms with E-state index < -0.39 is 17.6 Å². The van der Waals surface area contributed by atoms with Gasteiger partial charge >= 0.3 is 11.6 Å². The number of rotatable bonds is 6. The van der Waals surface area contributed by atoms with E-state index in [-0.39, 0.29) is 29.8 Å². The van der Waals surface area contributed by atoms with Crippen LogP contribution in [-0.4, -0.2) is 23.0 Å². The highest BCUT2D eigenvalue weighted by Gasteiger charge is 2.32. The summed E-state index contributed by atoms with van der Waals surface area (Å²) in [4.78, 5) is 36.0. The van der Waals surface area contributed by atoms with Gasteiger partial charge in [-0.1, -0.05) is 19.8 Å². The van der Waals surface area contributed by atoms with Crippen LogP contribution in [0.5, 0.6) is 5.75 Å². The van der Waals surface area contributed by atoms with Crippen molar-refractivity contribution < 1.29 is 23.8 Å². The first kappa shape index (κ1) is 19.9. The van der Waals surface area contributed by atoms with Crippen LogP contribution >= 0.6 is 0 Å². The van der Waals surface area contributed by atoms with Crippen molar-refractivity contribution >= 4 is 22.8 Å². The lowest BCUT2D eigenvalue weighted by Crippen LogP contribution is -2.45. The predicted molar refractivity (Wildman–Crippen MR) is 103 cm³/mol. The summed E-state index contributed by atoms with van der Waals surface area (Å²) in [6, 6.07) is 3.75. The highest BCUT2D eigenvalue weighted by molar-refractivity contribution is 5.85. The molecule has 0 unspecified atom stereocenters. The molecule has 1 aliphatic carbocycles. The largest absolute Gasteiger partial charge is 0.508 e. The summed E-state index contributed by atoms with van der Waals surface area (Å²) >= 11 is 0. The van der Waals surface area contributed by atoms with Crippen LogP contribution in [0.1, 0.15) is 50.7 Å². The van der Waals surface area contributed by atoms with Crippen molar-refractivity contribution in [2.45, 2.75) is 58.6 Å². The third-order valence-electron chi connectivity index (χ3n) is 5.26. The summed E-state index contributed by atoms with van der Waals surface area (Å²) in [5, 5.41) is 13.3. The number of phenolic OH excluding ortho intramolecular Hbond substituents is 1. The van der Waals surface area contributed by atoms with E-state index in [4.69, 9.17) is 9.15 Å². The number of fused-ring (bicyclic) bond motifs is 1. The number of esters is 1. The minimum absolute atomic E-state index is 0.0549. The summed E-state index contributed by atoms with van der Waals surface area (Å²) in [5.41, 5.74) is 0.858. The molecule has 7 nitrogen and oxygen atoms in total. The van der Waals surface area contributed by atoms with E-state index >= 15 is 0 Å². The fourth-order valence-corrected chi connectivity index (χ4v) is 3.83. The number of aryl methyl sites for hydroxylation is 1. The molecule has 0 spiro atoms. The first-order valence-corrected chi connectivity index (χ1v) is 9.61. The molecule has 2 N–H and O–H groups in total. The van der Waals surface area contributed by atoms with Gasteiger partial charge in [0.05, 0.1) is 0 Å². The molecule has 2 aromatic rings.